The molecule has 0 saturated heterocycles. The van der Waals surface area contributed by atoms with Crippen LogP contribution in [0.3, 0.4) is 0 Å². The summed E-state index contributed by atoms with van der Waals surface area (Å²) in [5.41, 5.74) is 7.22. The van der Waals surface area contributed by atoms with Gasteiger partial charge in [-0.15, -0.1) is 0 Å². The van der Waals surface area contributed by atoms with E-state index < -0.39 is 0 Å². The molecule has 1 saturated carbocycles. The highest BCUT2D eigenvalue weighted by molar-refractivity contribution is 6.15. The first-order valence-electron chi connectivity index (χ1n) is 14.5. The van der Waals surface area contributed by atoms with Crippen molar-refractivity contribution in [1.82, 2.24) is 0 Å². The molecular formula is C35H46O2. The van der Waals surface area contributed by atoms with Gasteiger partial charge in [-0.1, -0.05) is 70.9 Å². The van der Waals surface area contributed by atoms with Gasteiger partial charge in [0.2, 0.25) is 0 Å². The molecule has 198 valence electrons. The maximum absolute atomic E-state index is 13.6. The first-order chi connectivity index (χ1) is 17.7. The van der Waals surface area contributed by atoms with E-state index in [4.69, 9.17) is 0 Å². The monoisotopic (exact) mass is 498 g/mol. The van der Waals surface area contributed by atoms with Crippen LogP contribution in [-0.4, -0.2) is 11.6 Å². The molecule has 0 aromatic carbocycles. The summed E-state index contributed by atoms with van der Waals surface area (Å²) in [6.07, 6.45) is 27.9. The molecule has 4 rings (SSSR count). The average molecular weight is 499 g/mol. The largest absolute Gasteiger partial charge is 0.294 e. The molecule has 2 bridgehead atoms. The molecule has 0 N–H and O–H groups in total. The highest BCUT2D eigenvalue weighted by Crippen LogP contribution is 2.62. The standard InChI is InChI=1S/C35H46O2/c1-24(2)11-8-12-25(3)13-9-14-26(4)15-10-16-27(5)19-21-35-22-20-28(23-35)31-32(35)34(37)30-18-7-6-17-29(30)33(31)36/h6-7,11,13,15,19-20,22,28,31-32H,8-10,12,14,16-18,21,23H2,1-5H3/b25-13+,26-15+,27-19+/t28-,31?,32?,35+/m1/s1. The van der Waals surface area contributed by atoms with Crippen molar-refractivity contribution in [2.24, 2.45) is 23.2 Å². The molecule has 0 heterocycles. The van der Waals surface area contributed by atoms with Crippen molar-refractivity contribution >= 4 is 11.6 Å². The number of carbonyl (C=O) groups is 2. The van der Waals surface area contributed by atoms with Crippen LogP contribution < -0.4 is 0 Å². The molecule has 2 nitrogen and oxygen atoms in total. The van der Waals surface area contributed by atoms with Crippen LogP contribution in [0.1, 0.15) is 98.8 Å². The Kier molecular flexibility index (Phi) is 8.88. The molecule has 2 heteroatoms. The molecule has 2 unspecified atom stereocenters. The minimum absolute atomic E-state index is 0.119. The molecular weight excluding hydrogens is 452 g/mol. The fourth-order valence-corrected chi connectivity index (χ4v) is 6.91. The Balaban J connectivity index is 1.28. The molecule has 0 aliphatic heterocycles. The van der Waals surface area contributed by atoms with Gasteiger partial charge in [0, 0.05) is 28.4 Å². The van der Waals surface area contributed by atoms with Crippen molar-refractivity contribution in [3.8, 4) is 0 Å². The minimum atomic E-state index is -0.162. The molecule has 37 heavy (non-hydrogen) atoms. The van der Waals surface area contributed by atoms with E-state index in [0.717, 1.165) is 62.5 Å². The Morgan fingerprint density at radius 3 is 1.92 bits per heavy atom. The molecule has 4 aliphatic rings. The van der Waals surface area contributed by atoms with Crippen LogP contribution in [0, 0.1) is 23.2 Å². The number of rotatable bonds is 11. The first kappa shape index (κ1) is 27.6. The molecule has 0 amide bonds. The Morgan fingerprint density at radius 1 is 0.784 bits per heavy atom. The van der Waals surface area contributed by atoms with E-state index in [1.807, 2.05) is 0 Å². The minimum Gasteiger partial charge on any atom is -0.294 e. The van der Waals surface area contributed by atoms with Crippen LogP contribution in [0.2, 0.25) is 0 Å². The highest BCUT2D eigenvalue weighted by atomic mass is 16.1. The normalized spacial score (nSPS) is 29.2. The van der Waals surface area contributed by atoms with Crippen molar-refractivity contribution in [3.05, 3.63) is 82.0 Å². The van der Waals surface area contributed by atoms with Gasteiger partial charge in [-0.2, -0.15) is 0 Å². The van der Waals surface area contributed by atoms with Gasteiger partial charge in [-0.3, -0.25) is 9.59 Å². The second-order valence-corrected chi connectivity index (χ2v) is 12.3. The summed E-state index contributed by atoms with van der Waals surface area (Å²) in [6.45, 7) is 11.0. The third kappa shape index (κ3) is 6.16. The summed E-state index contributed by atoms with van der Waals surface area (Å²) in [4.78, 5) is 26.9. The second-order valence-electron chi connectivity index (χ2n) is 12.3. The van der Waals surface area contributed by atoms with Gasteiger partial charge in [0.15, 0.2) is 11.6 Å². The lowest BCUT2D eigenvalue weighted by Crippen LogP contribution is -2.44. The SMILES string of the molecule is CC(C)=CCC/C(C)=C/CC/C(C)=C/CC/C(C)=C/C[C@]12C=C[C@H](C1)C1C(=O)C3=C(CC=CC3)C(=O)C12. The van der Waals surface area contributed by atoms with Crippen LogP contribution in [0.5, 0.6) is 0 Å². The fraction of sp³-hybridized carbons (Fsp3) is 0.543. The summed E-state index contributed by atoms with van der Waals surface area (Å²) in [5, 5.41) is 0. The maximum atomic E-state index is 13.6. The van der Waals surface area contributed by atoms with Crippen molar-refractivity contribution in [3.63, 3.8) is 0 Å². The van der Waals surface area contributed by atoms with Crippen molar-refractivity contribution in [2.75, 3.05) is 0 Å². The molecule has 0 aromatic rings. The van der Waals surface area contributed by atoms with Gasteiger partial charge in [0.25, 0.3) is 0 Å². The summed E-state index contributed by atoms with van der Waals surface area (Å²) in [6, 6.07) is 0. The lowest BCUT2D eigenvalue weighted by Gasteiger charge is -2.39. The van der Waals surface area contributed by atoms with Crippen molar-refractivity contribution in [2.45, 2.75) is 98.8 Å². The van der Waals surface area contributed by atoms with E-state index in [-0.39, 0.29) is 34.7 Å². The average Bonchev–Trinajstić information content (AvgIpc) is 3.43. The van der Waals surface area contributed by atoms with Gasteiger partial charge in [-0.25, -0.2) is 0 Å². The van der Waals surface area contributed by atoms with Gasteiger partial charge in [0.1, 0.15) is 0 Å². The van der Waals surface area contributed by atoms with Gasteiger partial charge < -0.3 is 0 Å². The van der Waals surface area contributed by atoms with E-state index in [9.17, 15) is 9.59 Å². The Morgan fingerprint density at radius 2 is 1.32 bits per heavy atom. The number of ketones is 2. The van der Waals surface area contributed by atoms with Crippen LogP contribution >= 0.6 is 0 Å². The first-order valence-corrected chi connectivity index (χ1v) is 14.5. The molecule has 0 aromatic heterocycles. The smallest absolute Gasteiger partial charge is 0.164 e. The Bertz CT molecular complexity index is 1130. The summed E-state index contributed by atoms with van der Waals surface area (Å²) < 4.78 is 0. The zero-order chi connectivity index (χ0) is 26.6. The van der Waals surface area contributed by atoms with E-state index in [0.29, 0.717) is 12.8 Å². The van der Waals surface area contributed by atoms with E-state index in [1.54, 1.807) is 0 Å². The molecule has 0 spiro atoms. The number of hydrogen-bond donors (Lipinski definition) is 0. The molecule has 4 aliphatic carbocycles. The quantitative estimate of drug-likeness (QED) is 0.266. The van der Waals surface area contributed by atoms with Crippen molar-refractivity contribution < 1.29 is 9.59 Å². The molecule has 1 fully saturated rings. The summed E-state index contributed by atoms with van der Waals surface area (Å²) in [5.74, 6) is 0.503. The van der Waals surface area contributed by atoms with Gasteiger partial charge in [0.05, 0.1) is 0 Å². The van der Waals surface area contributed by atoms with Crippen LogP contribution in [0.15, 0.2) is 82.0 Å². The number of Topliss-reactive ketones (excluding diaryl/α,β-unsaturated/α-hetero) is 2. The van der Waals surface area contributed by atoms with Crippen LogP contribution in [0.25, 0.3) is 0 Å². The maximum Gasteiger partial charge on any atom is 0.164 e. The van der Waals surface area contributed by atoms with Crippen LogP contribution in [0.4, 0.5) is 0 Å². The zero-order valence-corrected chi connectivity index (χ0v) is 23.7. The topological polar surface area (TPSA) is 34.1 Å². The number of carbonyl (C=O) groups excluding carboxylic acids is 2. The Hall–Kier alpha value is -2.48. The lowest BCUT2D eigenvalue weighted by molar-refractivity contribution is -0.132. The van der Waals surface area contributed by atoms with Gasteiger partial charge in [-0.05, 0) is 105 Å². The number of allylic oxidation sites excluding steroid dienone is 14. The Labute approximate surface area is 225 Å². The van der Waals surface area contributed by atoms with E-state index in [1.165, 1.54) is 22.3 Å². The van der Waals surface area contributed by atoms with Gasteiger partial charge >= 0.3 is 0 Å². The predicted octanol–water partition coefficient (Wildman–Crippen LogP) is 9.13. The number of hydrogen-bond acceptors (Lipinski definition) is 2. The fourth-order valence-electron chi connectivity index (χ4n) is 6.91. The summed E-state index contributed by atoms with van der Waals surface area (Å²) >= 11 is 0. The second kappa shape index (κ2) is 11.9. The molecule has 0 radical (unpaired) electrons. The third-order valence-corrected chi connectivity index (χ3v) is 9.07. The van der Waals surface area contributed by atoms with Crippen molar-refractivity contribution in [1.29, 1.82) is 0 Å². The third-order valence-electron chi connectivity index (χ3n) is 9.07. The number of fused-ring (bicyclic) bond motifs is 5. The highest BCUT2D eigenvalue weighted by Gasteiger charge is 2.61. The van der Waals surface area contributed by atoms with E-state index >= 15 is 0 Å². The zero-order valence-electron chi connectivity index (χ0n) is 23.7. The summed E-state index contributed by atoms with van der Waals surface area (Å²) in [7, 11) is 0. The molecule has 4 atom stereocenters. The predicted molar refractivity (Wildman–Crippen MR) is 155 cm³/mol. The lowest BCUT2D eigenvalue weighted by atomic mass is 9.62. The van der Waals surface area contributed by atoms with Crippen LogP contribution in [-0.2, 0) is 9.59 Å². The van der Waals surface area contributed by atoms with E-state index in [2.05, 4.69) is 83.2 Å².